The van der Waals surface area contributed by atoms with E-state index in [1.54, 1.807) is 5.57 Å². The summed E-state index contributed by atoms with van der Waals surface area (Å²) in [6.07, 6.45) is 7.01. The fourth-order valence-corrected chi connectivity index (χ4v) is 4.22. The molecule has 0 amide bonds. The summed E-state index contributed by atoms with van der Waals surface area (Å²) in [5, 5.41) is 1.77. The summed E-state index contributed by atoms with van der Waals surface area (Å²) >= 11 is 6.10. The van der Waals surface area contributed by atoms with Gasteiger partial charge in [0.1, 0.15) is 0 Å². The first kappa shape index (κ1) is 15.6. The molecule has 2 bridgehead atoms. The van der Waals surface area contributed by atoms with Gasteiger partial charge >= 0.3 is 0 Å². The molecule has 0 saturated heterocycles. The Kier molecular flexibility index (Phi) is 4.09. The molecule has 1 aromatic heterocycles. The van der Waals surface area contributed by atoms with Crippen molar-refractivity contribution in [1.82, 2.24) is 4.98 Å². The zero-order chi connectivity index (χ0) is 14.6. The highest BCUT2D eigenvalue weighted by molar-refractivity contribution is 6.31. The summed E-state index contributed by atoms with van der Waals surface area (Å²) in [4.78, 5) is 4.88. The van der Waals surface area contributed by atoms with Crippen molar-refractivity contribution >= 4 is 40.6 Å². The summed E-state index contributed by atoms with van der Waals surface area (Å²) < 4.78 is 0. The normalized spacial score (nSPS) is 22.7. The number of nitrogens with zero attached hydrogens (tertiary/aromatic N) is 1. The molecule has 0 spiro atoms. The lowest BCUT2D eigenvalue weighted by molar-refractivity contribution is 0.429. The van der Waals surface area contributed by atoms with Crippen LogP contribution in [0.15, 0.2) is 29.8 Å². The smallest absolute Gasteiger partial charge is 0.0741 e. The second-order valence-corrected chi connectivity index (χ2v) is 6.76. The number of halogens is 2. The van der Waals surface area contributed by atoms with Gasteiger partial charge in [0.2, 0.25) is 0 Å². The van der Waals surface area contributed by atoms with Gasteiger partial charge in [0.05, 0.1) is 5.52 Å². The first-order valence-electron chi connectivity index (χ1n) is 7.72. The highest BCUT2D eigenvalue weighted by Gasteiger charge is 2.33. The second-order valence-electron chi connectivity index (χ2n) is 6.33. The number of aromatic nitrogens is 1. The Balaban J connectivity index is 0.00000144. The van der Waals surface area contributed by atoms with Crippen molar-refractivity contribution in [3.63, 3.8) is 0 Å². The molecule has 2 nitrogen and oxygen atoms in total. The third kappa shape index (κ3) is 2.39. The summed E-state index contributed by atoms with van der Waals surface area (Å²) in [5.74, 6) is 1.18. The fourth-order valence-electron chi connectivity index (χ4n) is 4.05. The number of hydrogen-bond donors (Lipinski definition) is 1. The maximum atomic E-state index is 6.51. The maximum Gasteiger partial charge on any atom is 0.0741 e. The van der Waals surface area contributed by atoms with Gasteiger partial charge < -0.3 is 5.73 Å². The highest BCUT2D eigenvalue weighted by Crippen LogP contribution is 2.47. The summed E-state index contributed by atoms with van der Waals surface area (Å²) in [7, 11) is 0. The molecule has 4 rings (SSSR count). The molecule has 0 fully saturated rings. The van der Waals surface area contributed by atoms with Crippen molar-refractivity contribution in [2.45, 2.75) is 38.5 Å². The molecule has 2 N–H and O–H groups in total. The van der Waals surface area contributed by atoms with Crippen LogP contribution in [-0.2, 0) is 6.42 Å². The molecular formula is C18H20Cl2N2. The third-order valence-electron chi connectivity index (χ3n) is 4.99. The zero-order valence-electron chi connectivity index (χ0n) is 12.6. The van der Waals surface area contributed by atoms with Crippen LogP contribution in [0.5, 0.6) is 0 Å². The van der Waals surface area contributed by atoms with Gasteiger partial charge in [0, 0.05) is 27.4 Å². The molecule has 2 aliphatic carbocycles. The predicted molar refractivity (Wildman–Crippen MR) is 96.0 cm³/mol. The van der Waals surface area contributed by atoms with Crippen LogP contribution in [0.1, 0.15) is 43.4 Å². The van der Waals surface area contributed by atoms with Gasteiger partial charge in [0.15, 0.2) is 0 Å². The minimum Gasteiger partial charge on any atom is -0.398 e. The number of anilines is 1. The molecule has 2 unspecified atom stereocenters. The van der Waals surface area contributed by atoms with Crippen molar-refractivity contribution in [3.8, 4) is 0 Å². The van der Waals surface area contributed by atoms with Crippen molar-refractivity contribution in [2.24, 2.45) is 5.92 Å². The highest BCUT2D eigenvalue weighted by atomic mass is 35.5. The first-order chi connectivity index (χ1) is 10.2. The average molecular weight is 335 g/mol. The van der Waals surface area contributed by atoms with Crippen LogP contribution >= 0.6 is 24.0 Å². The van der Waals surface area contributed by atoms with Gasteiger partial charge in [0.25, 0.3) is 0 Å². The van der Waals surface area contributed by atoms with Gasteiger partial charge in [-0.25, -0.2) is 0 Å². The van der Waals surface area contributed by atoms with E-state index in [1.165, 1.54) is 17.7 Å². The number of benzene rings is 1. The molecular weight excluding hydrogens is 315 g/mol. The Bertz CT molecular complexity index is 767. The van der Waals surface area contributed by atoms with Gasteiger partial charge in [-0.1, -0.05) is 30.2 Å². The number of pyridine rings is 1. The quantitative estimate of drug-likeness (QED) is 0.720. The lowest BCUT2D eigenvalue weighted by Gasteiger charge is -2.35. The molecule has 22 heavy (non-hydrogen) atoms. The van der Waals surface area contributed by atoms with Gasteiger partial charge in [-0.15, -0.1) is 12.4 Å². The lowest BCUT2D eigenvalue weighted by atomic mass is 9.70. The Morgan fingerprint density at radius 1 is 1.32 bits per heavy atom. The summed E-state index contributed by atoms with van der Waals surface area (Å²) in [6, 6.07) is 5.83. The Labute approximate surface area is 142 Å². The van der Waals surface area contributed by atoms with Crippen LogP contribution < -0.4 is 5.73 Å². The van der Waals surface area contributed by atoms with Crippen LogP contribution in [-0.4, -0.2) is 4.98 Å². The van der Waals surface area contributed by atoms with Gasteiger partial charge in [-0.05, 0) is 55.7 Å². The molecule has 116 valence electrons. The summed E-state index contributed by atoms with van der Waals surface area (Å²) in [6.45, 7) is 2.25. The van der Waals surface area contributed by atoms with E-state index in [1.807, 2.05) is 18.2 Å². The molecule has 0 aliphatic heterocycles. The molecule has 2 atom stereocenters. The molecule has 2 aromatic rings. The molecule has 0 saturated carbocycles. The van der Waals surface area contributed by atoms with Crippen molar-refractivity contribution < 1.29 is 0 Å². The number of nitrogen functional groups attached to an aromatic ring is 1. The van der Waals surface area contributed by atoms with Crippen molar-refractivity contribution in [3.05, 3.63) is 46.1 Å². The van der Waals surface area contributed by atoms with E-state index in [-0.39, 0.29) is 12.4 Å². The van der Waals surface area contributed by atoms with Crippen LogP contribution in [0.25, 0.3) is 10.9 Å². The Morgan fingerprint density at radius 3 is 2.91 bits per heavy atom. The predicted octanol–water partition coefficient (Wildman–Crippen LogP) is 5.28. The van der Waals surface area contributed by atoms with Crippen LogP contribution in [0, 0.1) is 5.92 Å². The lowest BCUT2D eigenvalue weighted by Crippen LogP contribution is -2.24. The van der Waals surface area contributed by atoms with Crippen molar-refractivity contribution in [2.75, 3.05) is 5.73 Å². The zero-order valence-corrected chi connectivity index (χ0v) is 14.2. The van der Waals surface area contributed by atoms with Crippen LogP contribution in [0.4, 0.5) is 5.69 Å². The minimum atomic E-state index is 0. The molecule has 2 aliphatic rings. The van der Waals surface area contributed by atoms with E-state index in [9.17, 15) is 0 Å². The fraction of sp³-hybridized carbons (Fsp3) is 0.389. The van der Waals surface area contributed by atoms with E-state index in [4.69, 9.17) is 22.3 Å². The van der Waals surface area contributed by atoms with Crippen LogP contribution in [0.3, 0.4) is 0 Å². The Hall–Kier alpha value is -1.25. The standard InChI is InChI=1S/C18H19ClN2.ClH/c1-2-10-5-11-7-12(6-10)17-16(8-11)21-15-9-13(19)3-4-14(15)18(17)20;/h3-5,9,11-12H,2,6-8H2,1H3,(H2,20,21);1H. The molecule has 4 heteroatoms. The number of allylic oxidation sites excluding steroid dienone is 2. The first-order valence-corrected chi connectivity index (χ1v) is 8.10. The number of hydrogen-bond acceptors (Lipinski definition) is 2. The molecule has 1 heterocycles. The minimum absolute atomic E-state index is 0. The SMILES string of the molecule is CCC1=CC2Cc3nc4cc(Cl)ccc4c(N)c3C(C1)C2.Cl. The number of nitrogens with two attached hydrogens (primary N) is 1. The van der Waals surface area contributed by atoms with E-state index < -0.39 is 0 Å². The van der Waals surface area contributed by atoms with Crippen LogP contribution in [0.2, 0.25) is 5.02 Å². The largest absolute Gasteiger partial charge is 0.398 e. The molecule has 0 radical (unpaired) electrons. The monoisotopic (exact) mass is 334 g/mol. The maximum absolute atomic E-state index is 6.51. The van der Waals surface area contributed by atoms with E-state index in [2.05, 4.69) is 13.0 Å². The third-order valence-corrected chi connectivity index (χ3v) is 5.23. The molecule has 1 aromatic carbocycles. The summed E-state index contributed by atoms with van der Waals surface area (Å²) in [5.41, 5.74) is 12.4. The van der Waals surface area contributed by atoms with E-state index >= 15 is 0 Å². The second kappa shape index (κ2) is 5.75. The topological polar surface area (TPSA) is 38.9 Å². The van der Waals surface area contributed by atoms with E-state index in [0.29, 0.717) is 11.8 Å². The van der Waals surface area contributed by atoms with Gasteiger partial charge in [-0.3, -0.25) is 4.98 Å². The average Bonchev–Trinajstić information content (AvgIpc) is 2.46. The number of fused-ring (bicyclic) bond motifs is 5. The van der Waals surface area contributed by atoms with Gasteiger partial charge in [-0.2, -0.15) is 0 Å². The number of rotatable bonds is 1. The van der Waals surface area contributed by atoms with E-state index in [0.717, 1.165) is 40.9 Å². The Morgan fingerprint density at radius 2 is 2.14 bits per heavy atom. The van der Waals surface area contributed by atoms with Crippen molar-refractivity contribution in [1.29, 1.82) is 0 Å².